The summed E-state index contributed by atoms with van der Waals surface area (Å²) < 4.78 is 0. The number of nitrogens with zero attached hydrogens (tertiary/aromatic N) is 1. The van der Waals surface area contributed by atoms with Crippen LogP contribution in [0.5, 0.6) is 0 Å². The molecule has 0 aliphatic carbocycles. The van der Waals surface area contributed by atoms with Crippen LogP contribution in [-0.4, -0.2) is 24.1 Å². The van der Waals surface area contributed by atoms with Gasteiger partial charge in [-0.3, -0.25) is 4.98 Å². The van der Waals surface area contributed by atoms with Crippen molar-refractivity contribution in [2.75, 3.05) is 18.4 Å². The molecule has 0 fully saturated rings. The van der Waals surface area contributed by atoms with Crippen molar-refractivity contribution in [3.8, 4) is 0 Å². The van der Waals surface area contributed by atoms with Gasteiger partial charge in [0.05, 0.1) is 17.9 Å². The van der Waals surface area contributed by atoms with E-state index in [0.717, 1.165) is 36.5 Å². The number of fused-ring (bicyclic) bond motifs is 1. The Kier molecular flexibility index (Phi) is 2.53. The molecule has 3 rings (SSSR count). The van der Waals surface area contributed by atoms with Gasteiger partial charge in [-0.1, -0.05) is 6.08 Å². The molecule has 0 saturated heterocycles. The predicted molar refractivity (Wildman–Crippen MR) is 65.6 cm³/mol. The third-order valence-corrected chi connectivity index (χ3v) is 3.07. The molecule has 0 spiro atoms. The first kappa shape index (κ1) is 10.3. The number of carbonyl (C=O) groups is 1. The molecule has 2 aliphatic heterocycles. The van der Waals surface area contributed by atoms with Crippen molar-refractivity contribution < 1.29 is 4.79 Å². The topological polar surface area (TPSA) is 66.0 Å². The van der Waals surface area contributed by atoms with E-state index in [9.17, 15) is 4.79 Å². The zero-order valence-corrected chi connectivity index (χ0v) is 9.42. The van der Waals surface area contributed by atoms with Gasteiger partial charge in [0.15, 0.2) is 0 Å². The summed E-state index contributed by atoms with van der Waals surface area (Å²) in [6, 6.07) is 1.86. The van der Waals surface area contributed by atoms with Crippen molar-refractivity contribution in [2.45, 2.75) is 13.0 Å². The van der Waals surface area contributed by atoms with E-state index in [1.165, 1.54) is 5.57 Å². The standard InChI is InChI=1S/C12H14N4O/c17-12-15-7-11-10(16-12)5-9(6-14-11)8-1-3-13-4-2-8/h1,5-6,13H,2-4,7H2,(H2,15,16,17). The molecule has 3 N–H and O–H groups in total. The van der Waals surface area contributed by atoms with Gasteiger partial charge < -0.3 is 16.0 Å². The van der Waals surface area contributed by atoms with E-state index < -0.39 is 0 Å². The fourth-order valence-electron chi connectivity index (χ4n) is 2.13. The maximum atomic E-state index is 11.2. The molecule has 0 radical (unpaired) electrons. The van der Waals surface area contributed by atoms with E-state index in [1.54, 1.807) is 0 Å². The number of rotatable bonds is 1. The lowest BCUT2D eigenvalue weighted by atomic mass is 10.0. The van der Waals surface area contributed by atoms with Crippen LogP contribution in [0.25, 0.3) is 5.57 Å². The summed E-state index contributed by atoms with van der Waals surface area (Å²) in [7, 11) is 0. The summed E-state index contributed by atoms with van der Waals surface area (Å²) in [6.07, 6.45) is 5.07. The highest BCUT2D eigenvalue weighted by Crippen LogP contribution is 2.25. The predicted octanol–water partition coefficient (Wildman–Crippen LogP) is 1.09. The average Bonchev–Trinajstić information content (AvgIpc) is 2.39. The first-order chi connectivity index (χ1) is 8.33. The number of hydrogen-bond donors (Lipinski definition) is 3. The Morgan fingerprint density at radius 2 is 2.29 bits per heavy atom. The van der Waals surface area contributed by atoms with Gasteiger partial charge in [0.2, 0.25) is 0 Å². The van der Waals surface area contributed by atoms with E-state index in [2.05, 4.69) is 27.0 Å². The van der Waals surface area contributed by atoms with Crippen molar-refractivity contribution >= 4 is 17.3 Å². The zero-order chi connectivity index (χ0) is 11.7. The first-order valence-electron chi connectivity index (χ1n) is 5.77. The summed E-state index contributed by atoms with van der Waals surface area (Å²) in [5, 5.41) is 8.76. The highest BCUT2D eigenvalue weighted by molar-refractivity contribution is 5.92. The van der Waals surface area contributed by atoms with Gasteiger partial charge in [0, 0.05) is 12.7 Å². The van der Waals surface area contributed by atoms with Crippen LogP contribution in [0.2, 0.25) is 0 Å². The van der Waals surface area contributed by atoms with Crippen LogP contribution in [0.15, 0.2) is 18.3 Å². The summed E-state index contributed by atoms with van der Waals surface area (Å²) in [5.41, 5.74) is 4.12. The second kappa shape index (κ2) is 4.18. The Hall–Kier alpha value is -1.88. The number of amides is 2. The second-order valence-corrected chi connectivity index (χ2v) is 4.21. The molecule has 2 aliphatic rings. The Balaban J connectivity index is 1.94. The van der Waals surface area contributed by atoms with Crippen molar-refractivity contribution in [3.05, 3.63) is 29.6 Å². The molecule has 88 valence electrons. The fourth-order valence-corrected chi connectivity index (χ4v) is 2.13. The number of hydrogen-bond acceptors (Lipinski definition) is 3. The number of nitrogens with one attached hydrogen (secondary N) is 3. The minimum absolute atomic E-state index is 0.157. The highest BCUT2D eigenvalue weighted by atomic mass is 16.2. The normalized spacial score (nSPS) is 18.8. The molecule has 0 bridgehead atoms. The van der Waals surface area contributed by atoms with Crippen LogP contribution in [-0.2, 0) is 6.54 Å². The molecule has 1 aromatic rings. The fraction of sp³-hybridized carbons (Fsp3) is 0.333. The van der Waals surface area contributed by atoms with Gasteiger partial charge in [-0.2, -0.15) is 0 Å². The highest BCUT2D eigenvalue weighted by Gasteiger charge is 2.16. The third kappa shape index (κ3) is 2.01. The molecule has 5 nitrogen and oxygen atoms in total. The first-order valence-corrected chi connectivity index (χ1v) is 5.77. The minimum atomic E-state index is -0.157. The van der Waals surface area contributed by atoms with Crippen molar-refractivity contribution in [1.29, 1.82) is 0 Å². The molecule has 17 heavy (non-hydrogen) atoms. The van der Waals surface area contributed by atoms with Crippen LogP contribution < -0.4 is 16.0 Å². The maximum absolute atomic E-state index is 11.2. The Bertz CT molecular complexity index is 495. The second-order valence-electron chi connectivity index (χ2n) is 4.21. The summed E-state index contributed by atoms with van der Waals surface area (Å²) in [6.45, 7) is 2.40. The number of urea groups is 1. The maximum Gasteiger partial charge on any atom is 0.319 e. The van der Waals surface area contributed by atoms with Gasteiger partial charge in [0.25, 0.3) is 0 Å². The molecular weight excluding hydrogens is 216 g/mol. The van der Waals surface area contributed by atoms with Gasteiger partial charge >= 0.3 is 6.03 Å². The van der Waals surface area contributed by atoms with E-state index in [0.29, 0.717) is 6.54 Å². The zero-order valence-electron chi connectivity index (χ0n) is 9.42. The lowest BCUT2D eigenvalue weighted by molar-refractivity contribution is 0.250. The van der Waals surface area contributed by atoms with Crippen LogP contribution in [0.3, 0.4) is 0 Å². The average molecular weight is 230 g/mol. The number of anilines is 1. The summed E-state index contributed by atoms with van der Waals surface area (Å²) >= 11 is 0. The van der Waals surface area contributed by atoms with Gasteiger partial charge in [-0.05, 0) is 30.2 Å². The lowest BCUT2D eigenvalue weighted by Gasteiger charge is -2.20. The summed E-state index contributed by atoms with van der Waals surface area (Å²) in [5.74, 6) is 0. The largest absolute Gasteiger partial charge is 0.332 e. The smallest absolute Gasteiger partial charge is 0.319 e. The van der Waals surface area contributed by atoms with E-state index in [1.807, 2.05) is 12.3 Å². The SMILES string of the molecule is O=C1NCc2ncc(C3=CCNCC3)cc2N1. The Morgan fingerprint density at radius 3 is 3.12 bits per heavy atom. The minimum Gasteiger partial charge on any atom is -0.332 e. The van der Waals surface area contributed by atoms with Crippen LogP contribution in [0, 0.1) is 0 Å². The number of carbonyl (C=O) groups excluding carboxylic acids is 1. The van der Waals surface area contributed by atoms with E-state index >= 15 is 0 Å². The summed E-state index contributed by atoms with van der Waals surface area (Å²) in [4.78, 5) is 15.6. The van der Waals surface area contributed by atoms with E-state index in [-0.39, 0.29) is 6.03 Å². The number of pyridine rings is 1. The van der Waals surface area contributed by atoms with Crippen molar-refractivity contribution in [2.24, 2.45) is 0 Å². The van der Waals surface area contributed by atoms with Crippen molar-refractivity contribution in [3.63, 3.8) is 0 Å². The monoisotopic (exact) mass is 230 g/mol. The lowest BCUT2D eigenvalue weighted by Crippen LogP contribution is -2.34. The molecule has 0 aromatic carbocycles. The Labute approximate surface area is 99.3 Å². The molecule has 0 atom stereocenters. The molecule has 0 unspecified atom stereocenters. The number of aromatic nitrogens is 1. The molecule has 0 saturated carbocycles. The van der Waals surface area contributed by atoms with Crippen LogP contribution in [0.4, 0.5) is 10.5 Å². The quantitative estimate of drug-likeness (QED) is 0.676. The van der Waals surface area contributed by atoms with Gasteiger partial charge in [-0.15, -0.1) is 0 Å². The molecule has 1 aromatic heterocycles. The third-order valence-electron chi connectivity index (χ3n) is 3.07. The molecular formula is C12H14N4O. The van der Waals surface area contributed by atoms with Crippen LogP contribution in [0.1, 0.15) is 17.7 Å². The molecule has 5 heteroatoms. The van der Waals surface area contributed by atoms with Crippen molar-refractivity contribution in [1.82, 2.24) is 15.6 Å². The van der Waals surface area contributed by atoms with Gasteiger partial charge in [-0.25, -0.2) is 4.79 Å². The molecule has 2 amide bonds. The molecule has 3 heterocycles. The Morgan fingerprint density at radius 1 is 1.35 bits per heavy atom. The van der Waals surface area contributed by atoms with Gasteiger partial charge in [0.1, 0.15) is 0 Å². The van der Waals surface area contributed by atoms with Crippen LogP contribution >= 0.6 is 0 Å². The van der Waals surface area contributed by atoms with E-state index in [4.69, 9.17) is 0 Å².